The summed E-state index contributed by atoms with van der Waals surface area (Å²) in [6.45, 7) is 2.80. The summed E-state index contributed by atoms with van der Waals surface area (Å²) in [6, 6.07) is 21.7. The molecule has 0 saturated carbocycles. The molecule has 0 spiro atoms. The minimum absolute atomic E-state index is 0.105. The van der Waals surface area contributed by atoms with Crippen molar-refractivity contribution in [1.82, 2.24) is 9.55 Å². The zero-order valence-corrected chi connectivity index (χ0v) is 19.5. The van der Waals surface area contributed by atoms with Crippen LogP contribution in [0.1, 0.15) is 12.5 Å². The molecule has 168 valence electrons. The van der Waals surface area contributed by atoms with E-state index >= 15 is 0 Å². The third-order valence-corrected chi connectivity index (χ3v) is 6.05. The number of benzene rings is 3. The molecule has 8 heteroatoms. The Morgan fingerprint density at radius 3 is 2.64 bits per heavy atom. The summed E-state index contributed by atoms with van der Waals surface area (Å²) in [5.41, 5.74) is 1.99. The van der Waals surface area contributed by atoms with Gasteiger partial charge < -0.3 is 10.1 Å². The number of hydrogen-bond donors (Lipinski definition) is 1. The number of carbonyl (C=O) groups excluding carboxylic acids is 1. The maximum absolute atomic E-state index is 13.2. The Kier molecular flexibility index (Phi) is 7.32. The summed E-state index contributed by atoms with van der Waals surface area (Å²) in [5.74, 6) is 0.657. The molecule has 0 aliphatic rings. The van der Waals surface area contributed by atoms with Crippen molar-refractivity contribution >= 4 is 45.9 Å². The van der Waals surface area contributed by atoms with Gasteiger partial charge in [-0.05, 0) is 61.0 Å². The minimum Gasteiger partial charge on any atom is -0.494 e. The maximum Gasteiger partial charge on any atom is 0.262 e. The number of nitrogens with zero attached hydrogens (tertiary/aromatic N) is 2. The van der Waals surface area contributed by atoms with Crippen molar-refractivity contribution in [3.8, 4) is 5.75 Å². The van der Waals surface area contributed by atoms with Crippen LogP contribution in [0.2, 0.25) is 5.02 Å². The molecule has 0 aliphatic heterocycles. The van der Waals surface area contributed by atoms with Crippen LogP contribution in [-0.4, -0.2) is 27.8 Å². The normalized spacial score (nSPS) is 10.8. The van der Waals surface area contributed by atoms with E-state index in [1.807, 2.05) is 37.3 Å². The highest BCUT2D eigenvalue weighted by atomic mass is 35.5. The lowest BCUT2D eigenvalue weighted by molar-refractivity contribution is -0.113. The summed E-state index contributed by atoms with van der Waals surface area (Å²) in [4.78, 5) is 30.4. The van der Waals surface area contributed by atoms with Crippen molar-refractivity contribution in [2.24, 2.45) is 0 Å². The second-order valence-electron chi connectivity index (χ2n) is 7.23. The lowest BCUT2D eigenvalue weighted by atomic mass is 10.2. The molecule has 1 aromatic heterocycles. The van der Waals surface area contributed by atoms with E-state index in [1.165, 1.54) is 11.8 Å². The van der Waals surface area contributed by atoms with E-state index in [2.05, 4.69) is 10.3 Å². The van der Waals surface area contributed by atoms with Gasteiger partial charge in [0.1, 0.15) is 5.75 Å². The molecule has 1 heterocycles. The van der Waals surface area contributed by atoms with Gasteiger partial charge in [0.25, 0.3) is 5.56 Å². The molecule has 4 aromatic rings. The van der Waals surface area contributed by atoms with E-state index in [1.54, 1.807) is 47.0 Å². The van der Waals surface area contributed by atoms with Crippen molar-refractivity contribution in [2.45, 2.75) is 18.6 Å². The quantitative estimate of drug-likeness (QED) is 0.277. The minimum atomic E-state index is -0.194. The first-order valence-corrected chi connectivity index (χ1v) is 11.8. The van der Waals surface area contributed by atoms with Gasteiger partial charge in [0.05, 0.1) is 29.8 Å². The zero-order chi connectivity index (χ0) is 23.2. The Labute approximate surface area is 200 Å². The van der Waals surface area contributed by atoms with Gasteiger partial charge in [-0.25, -0.2) is 4.98 Å². The van der Waals surface area contributed by atoms with Crippen molar-refractivity contribution in [2.75, 3.05) is 17.7 Å². The van der Waals surface area contributed by atoms with Crippen LogP contribution in [0.3, 0.4) is 0 Å². The second kappa shape index (κ2) is 10.6. The second-order valence-corrected chi connectivity index (χ2v) is 8.61. The summed E-state index contributed by atoms with van der Waals surface area (Å²) in [7, 11) is 0. The third-order valence-electron chi connectivity index (χ3n) is 4.84. The number of ether oxygens (including phenoxy) is 1. The Morgan fingerprint density at radius 1 is 1.09 bits per heavy atom. The molecule has 6 nitrogen and oxygen atoms in total. The first-order valence-electron chi connectivity index (χ1n) is 10.4. The van der Waals surface area contributed by atoms with Gasteiger partial charge in [-0.2, -0.15) is 0 Å². The van der Waals surface area contributed by atoms with E-state index in [-0.39, 0.29) is 17.2 Å². The van der Waals surface area contributed by atoms with Crippen LogP contribution in [0.25, 0.3) is 10.9 Å². The lowest BCUT2D eigenvalue weighted by Gasteiger charge is -2.13. The molecule has 0 unspecified atom stereocenters. The number of para-hydroxylation sites is 1. The molecule has 1 amide bonds. The van der Waals surface area contributed by atoms with E-state index in [0.29, 0.717) is 39.9 Å². The standard InChI is InChI=1S/C25H22ClN3O3S/c1-2-32-20-12-10-19(11-13-20)27-23(30)16-33-25-28-22-9-4-3-8-21(22)24(31)29(25)15-17-6-5-7-18(26)14-17/h3-14H,2,15-16H2,1H3,(H,27,30). The van der Waals surface area contributed by atoms with Crippen LogP contribution >= 0.6 is 23.4 Å². The molecule has 33 heavy (non-hydrogen) atoms. The average Bonchev–Trinajstić information content (AvgIpc) is 2.81. The maximum atomic E-state index is 13.2. The van der Waals surface area contributed by atoms with Crippen LogP contribution in [0, 0.1) is 0 Å². The molecular formula is C25H22ClN3O3S. The summed E-state index contributed by atoms with van der Waals surface area (Å²) < 4.78 is 7.01. The fourth-order valence-corrected chi connectivity index (χ4v) is 4.35. The van der Waals surface area contributed by atoms with Gasteiger partial charge in [0.15, 0.2) is 5.16 Å². The number of thioether (sulfide) groups is 1. The molecule has 3 aromatic carbocycles. The number of hydrogen-bond acceptors (Lipinski definition) is 5. The molecule has 0 radical (unpaired) electrons. The summed E-state index contributed by atoms with van der Waals surface area (Å²) >= 11 is 7.34. The number of halogens is 1. The van der Waals surface area contributed by atoms with Crippen molar-refractivity contribution in [1.29, 1.82) is 0 Å². The predicted octanol–water partition coefficient (Wildman–Crippen LogP) is 5.23. The smallest absolute Gasteiger partial charge is 0.262 e. The molecule has 0 bridgehead atoms. The first kappa shape index (κ1) is 22.9. The van der Waals surface area contributed by atoms with Crippen LogP contribution in [0.5, 0.6) is 5.75 Å². The largest absolute Gasteiger partial charge is 0.494 e. The Hall–Kier alpha value is -3.29. The van der Waals surface area contributed by atoms with E-state index in [4.69, 9.17) is 16.3 Å². The summed E-state index contributed by atoms with van der Waals surface area (Å²) in [6.07, 6.45) is 0. The highest BCUT2D eigenvalue weighted by molar-refractivity contribution is 7.99. The molecule has 0 aliphatic carbocycles. The Morgan fingerprint density at radius 2 is 1.88 bits per heavy atom. The Balaban J connectivity index is 1.55. The van der Waals surface area contributed by atoms with Gasteiger partial charge in [-0.3, -0.25) is 14.2 Å². The topological polar surface area (TPSA) is 73.2 Å². The molecule has 0 atom stereocenters. The summed E-state index contributed by atoms with van der Waals surface area (Å²) in [5, 5.41) is 4.46. The van der Waals surface area contributed by atoms with E-state index < -0.39 is 0 Å². The number of rotatable bonds is 8. The highest BCUT2D eigenvalue weighted by Gasteiger charge is 2.14. The lowest BCUT2D eigenvalue weighted by Crippen LogP contribution is -2.25. The van der Waals surface area contributed by atoms with Gasteiger partial charge >= 0.3 is 0 Å². The van der Waals surface area contributed by atoms with E-state index in [0.717, 1.165) is 11.3 Å². The van der Waals surface area contributed by atoms with Gasteiger partial charge in [-0.1, -0.05) is 47.6 Å². The third kappa shape index (κ3) is 5.74. The Bertz CT molecular complexity index is 1340. The zero-order valence-electron chi connectivity index (χ0n) is 18.0. The fourth-order valence-electron chi connectivity index (χ4n) is 3.34. The van der Waals surface area contributed by atoms with Crippen molar-refractivity contribution < 1.29 is 9.53 Å². The number of nitrogens with one attached hydrogen (secondary N) is 1. The van der Waals surface area contributed by atoms with Crippen molar-refractivity contribution in [3.05, 3.63) is 93.7 Å². The highest BCUT2D eigenvalue weighted by Crippen LogP contribution is 2.21. The average molecular weight is 480 g/mol. The number of amides is 1. The molecule has 0 saturated heterocycles. The first-order chi connectivity index (χ1) is 16.0. The van der Waals surface area contributed by atoms with Crippen LogP contribution in [0.15, 0.2) is 82.7 Å². The van der Waals surface area contributed by atoms with Crippen LogP contribution in [-0.2, 0) is 11.3 Å². The number of anilines is 1. The predicted molar refractivity (Wildman–Crippen MR) is 134 cm³/mol. The molecule has 0 fully saturated rings. The molecular weight excluding hydrogens is 458 g/mol. The van der Waals surface area contributed by atoms with Gasteiger partial charge in [-0.15, -0.1) is 0 Å². The number of aromatic nitrogens is 2. The van der Waals surface area contributed by atoms with Gasteiger partial charge in [0, 0.05) is 10.7 Å². The monoisotopic (exact) mass is 479 g/mol. The fraction of sp³-hybridized carbons (Fsp3) is 0.160. The van der Waals surface area contributed by atoms with E-state index in [9.17, 15) is 9.59 Å². The number of fused-ring (bicyclic) bond motifs is 1. The van der Waals surface area contributed by atoms with Gasteiger partial charge in [0.2, 0.25) is 5.91 Å². The van der Waals surface area contributed by atoms with Crippen LogP contribution in [0.4, 0.5) is 5.69 Å². The van der Waals surface area contributed by atoms with Crippen molar-refractivity contribution in [3.63, 3.8) is 0 Å². The van der Waals surface area contributed by atoms with Crippen LogP contribution < -0.4 is 15.6 Å². The number of carbonyl (C=O) groups is 1. The SMILES string of the molecule is CCOc1ccc(NC(=O)CSc2nc3ccccc3c(=O)n2Cc2cccc(Cl)c2)cc1. The molecule has 4 rings (SSSR count). The molecule has 1 N–H and O–H groups in total.